The second kappa shape index (κ2) is 8.79. The van der Waals surface area contributed by atoms with Gasteiger partial charge >= 0.3 is 0 Å². The van der Waals surface area contributed by atoms with Crippen molar-refractivity contribution in [3.63, 3.8) is 0 Å². The van der Waals surface area contributed by atoms with Crippen molar-refractivity contribution >= 4 is 21.6 Å². The minimum absolute atomic E-state index is 0.367. The maximum atomic E-state index is 3.61. The van der Waals surface area contributed by atoms with Crippen LogP contribution in [0, 0.1) is 5.92 Å². The van der Waals surface area contributed by atoms with Gasteiger partial charge in [0.15, 0.2) is 0 Å². The van der Waals surface area contributed by atoms with Crippen LogP contribution in [0.15, 0.2) is 22.7 Å². The van der Waals surface area contributed by atoms with Crippen LogP contribution in [0.3, 0.4) is 0 Å². The van der Waals surface area contributed by atoms with Crippen LogP contribution in [-0.2, 0) is 0 Å². The second-order valence-electron chi connectivity index (χ2n) is 6.47. The van der Waals surface area contributed by atoms with Gasteiger partial charge in [0.1, 0.15) is 0 Å². The Morgan fingerprint density at radius 2 is 1.86 bits per heavy atom. The topological polar surface area (TPSA) is 15.3 Å². The molecular formula is C18H31BrN2. The second-order valence-corrected chi connectivity index (χ2v) is 7.38. The Bertz CT molecular complexity index is 431. The zero-order valence-electron chi connectivity index (χ0n) is 14.4. The number of hydrogen-bond acceptors (Lipinski definition) is 2. The molecule has 0 aliphatic carbocycles. The van der Waals surface area contributed by atoms with Gasteiger partial charge in [-0.1, -0.05) is 36.7 Å². The first-order valence-corrected chi connectivity index (χ1v) is 8.91. The van der Waals surface area contributed by atoms with Crippen LogP contribution in [0.5, 0.6) is 0 Å². The van der Waals surface area contributed by atoms with Gasteiger partial charge in [-0.2, -0.15) is 0 Å². The van der Waals surface area contributed by atoms with Gasteiger partial charge in [-0.25, -0.2) is 0 Å². The Balaban J connectivity index is 2.99. The molecule has 0 aliphatic rings. The van der Waals surface area contributed by atoms with Gasteiger partial charge in [0.25, 0.3) is 0 Å². The van der Waals surface area contributed by atoms with Crippen molar-refractivity contribution < 1.29 is 0 Å². The summed E-state index contributed by atoms with van der Waals surface area (Å²) in [5.74, 6) is 0.719. The molecule has 1 aromatic rings. The molecule has 2 atom stereocenters. The molecule has 3 heteroatoms. The van der Waals surface area contributed by atoms with Crippen molar-refractivity contribution in [2.45, 2.75) is 59.5 Å². The van der Waals surface area contributed by atoms with Gasteiger partial charge in [0.05, 0.1) is 0 Å². The van der Waals surface area contributed by atoms with Crippen LogP contribution in [0.2, 0.25) is 0 Å². The summed E-state index contributed by atoms with van der Waals surface area (Å²) in [7, 11) is 2.21. The molecule has 1 N–H and O–H groups in total. The van der Waals surface area contributed by atoms with Crippen LogP contribution < -0.4 is 10.2 Å². The average molecular weight is 355 g/mol. The van der Waals surface area contributed by atoms with Gasteiger partial charge in [-0.3, -0.25) is 0 Å². The molecule has 0 saturated heterocycles. The van der Waals surface area contributed by atoms with Crippen molar-refractivity contribution in [1.82, 2.24) is 5.32 Å². The van der Waals surface area contributed by atoms with Crippen molar-refractivity contribution in [2.24, 2.45) is 5.92 Å². The lowest BCUT2D eigenvalue weighted by Gasteiger charge is -2.32. The molecule has 0 aromatic heterocycles. The number of nitrogens with one attached hydrogen (secondary N) is 1. The van der Waals surface area contributed by atoms with E-state index in [-0.39, 0.29) is 0 Å². The third-order valence-electron chi connectivity index (χ3n) is 4.01. The highest BCUT2D eigenvalue weighted by Gasteiger charge is 2.18. The van der Waals surface area contributed by atoms with Crippen LogP contribution in [-0.4, -0.2) is 19.6 Å². The molecule has 0 fully saturated rings. The maximum absolute atomic E-state index is 3.61. The molecule has 2 nitrogen and oxygen atoms in total. The number of halogens is 1. The fourth-order valence-corrected chi connectivity index (χ4v) is 3.12. The Morgan fingerprint density at radius 1 is 1.19 bits per heavy atom. The minimum atomic E-state index is 0.367. The van der Waals surface area contributed by atoms with E-state index in [1.165, 1.54) is 17.7 Å². The fourth-order valence-electron chi connectivity index (χ4n) is 2.74. The van der Waals surface area contributed by atoms with Crippen molar-refractivity contribution in [2.75, 3.05) is 18.5 Å². The minimum Gasteiger partial charge on any atom is -0.372 e. The average Bonchev–Trinajstić information content (AvgIpc) is 2.43. The molecule has 1 aromatic carbocycles. The molecule has 0 saturated carbocycles. The highest BCUT2D eigenvalue weighted by atomic mass is 79.9. The first-order valence-electron chi connectivity index (χ1n) is 8.12. The van der Waals surface area contributed by atoms with E-state index in [0.29, 0.717) is 12.1 Å². The SMILES string of the molecule is CCCNC(C)c1cc(Br)ccc1N(C)C(C)CC(C)C. The van der Waals surface area contributed by atoms with E-state index >= 15 is 0 Å². The van der Waals surface area contributed by atoms with Gasteiger partial charge < -0.3 is 10.2 Å². The van der Waals surface area contributed by atoms with Gasteiger partial charge in [-0.15, -0.1) is 0 Å². The predicted octanol–water partition coefficient (Wildman–Crippen LogP) is 5.38. The number of nitrogens with zero attached hydrogens (tertiary/aromatic N) is 1. The molecule has 0 spiro atoms. The molecule has 2 unspecified atom stereocenters. The highest BCUT2D eigenvalue weighted by molar-refractivity contribution is 9.10. The first kappa shape index (κ1) is 18.5. The largest absolute Gasteiger partial charge is 0.372 e. The molecule has 0 radical (unpaired) electrons. The van der Waals surface area contributed by atoms with Crippen LogP contribution >= 0.6 is 15.9 Å². The van der Waals surface area contributed by atoms with E-state index in [2.05, 4.69) is 86.0 Å². The summed E-state index contributed by atoms with van der Waals surface area (Å²) in [4.78, 5) is 2.42. The third kappa shape index (κ3) is 5.63. The summed E-state index contributed by atoms with van der Waals surface area (Å²) < 4.78 is 1.15. The number of benzene rings is 1. The van der Waals surface area contributed by atoms with Crippen LogP contribution in [0.25, 0.3) is 0 Å². The Labute approximate surface area is 139 Å². The fraction of sp³-hybridized carbons (Fsp3) is 0.667. The van der Waals surface area contributed by atoms with Crippen molar-refractivity contribution in [1.29, 1.82) is 0 Å². The lowest BCUT2D eigenvalue weighted by atomic mass is 10.0. The Morgan fingerprint density at radius 3 is 2.43 bits per heavy atom. The van der Waals surface area contributed by atoms with E-state index < -0.39 is 0 Å². The highest BCUT2D eigenvalue weighted by Crippen LogP contribution is 2.31. The van der Waals surface area contributed by atoms with E-state index in [4.69, 9.17) is 0 Å². The maximum Gasteiger partial charge on any atom is 0.0415 e. The van der Waals surface area contributed by atoms with E-state index in [9.17, 15) is 0 Å². The normalized spacial score (nSPS) is 14.3. The van der Waals surface area contributed by atoms with Crippen molar-refractivity contribution in [3.05, 3.63) is 28.2 Å². The van der Waals surface area contributed by atoms with Gasteiger partial charge in [0.2, 0.25) is 0 Å². The quantitative estimate of drug-likeness (QED) is 0.673. The molecule has 120 valence electrons. The first-order chi connectivity index (χ1) is 9.86. The number of rotatable bonds is 8. The molecule has 1 rings (SSSR count). The Kier molecular flexibility index (Phi) is 7.75. The molecule has 21 heavy (non-hydrogen) atoms. The number of hydrogen-bond donors (Lipinski definition) is 1. The molecular weight excluding hydrogens is 324 g/mol. The zero-order valence-corrected chi connectivity index (χ0v) is 16.0. The van der Waals surface area contributed by atoms with E-state index in [0.717, 1.165) is 23.4 Å². The molecule has 0 heterocycles. The summed E-state index contributed by atoms with van der Waals surface area (Å²) in [6, 6.07) is 7.54. The van der Waals surface area contributed by atoms with Crippen LogP contribution in [0.4, 0.5) is 5.69 Å². The monoisotopic (exact) mass is 354 g/mol. The zero-order chi connectivity index (χ0) is 16.0. The lowest BCUT2D eigenvalue weighted by molar-refractivity contribution is 0.501. The standard InChI is InChI=1S/C18H31BrN2/c1-7-10-20-15(5)17-12-16(19)8-9-18(17)21(6)14(4)11-13(2)3/h8-9,12-15,20H,7,10-11H2,1-6H3. The summed E-state index contributed by atoms with van der Waals surface area (Å²) >= 11 is 3.61. The van der Waals surface area contributed by atoms with Gasteiger partial charge in [-0.05, 0) is 62.9 Å². The van der Waals surface area contributed by atoms with E-state index in [1.54, 1.807) is 0 Å². The lowest BCUT2D eigenvalue weighted by Crippen LogP contribution is -2.32. The molecule has 0 aliphatic heterocycles. The van der Waals surface area contributed by atoms with E-state index in [1.807, 2.05) is 0 Å². The summed E-state index contributed by atoms with van der Waals surface area (Å²) in [6.07, 6.45) is 2.37. The summed E-state index contributed by atoms with van der Waals surface area (Å²) in [5, 5.41) is 3.60. The number of anilines is 1. The molecule has 0 amide bonds. The summed E-state index contributed by atoms with van der Waals surface area (Å²) in [6.45, 7) is 12.4. The predicted molar refractivity (Wildman–Crippen MR) is 98.2 cm³/mol. The summed E-state index contributed by atoms with van der Waals surface area (Å²) in [5.41, 5.74) is 2.71. The Hall–Kier alpha value is -0.540. The van der Waals surface area contributed by atoms with Crippen molar-refractivity contribution in [3.8, 4) is 0 Å². The third-order valence-corrected chi connectivity index (χ3v) is 4.50. The van der Waals surface area contributed by atoms with Gasteiger partial charge in [0, 0.05) is 29.3 Å². The molecule has 0 bridgehead atoms. The smallest absolute Gasteiger partial charge is 0.0415 e. The van der Waals surface area contributed by atoms with Crippen LogP contribution in [0.1, 0.15) is 59.1 Å².